The highest BCUT2D eigenvalue weighted by molar-refractivity contribution is 5.88. The molecular weight excluding hydrogens is 388 g/mol. The van der Waals surface area contributed by atoms with Crippen LogP contribution in [0.3, 0.4) is 0 Å². The zero-order chi connectivity index (χ0) is 21.6. The van der Waals surface area contributed by atoms with Gasteiger partial charge in [-0.25, -0.2) is 0 Å². The monoisotopic (exact) mass is 418 g/mol. The summed E-state index contributed by atoms with van der Waals surface area (Å²) in [7, 11) is 0. The van der Waals surface area contributed by atoms with Crippen molar-refractivity contribution in [2.45, 2.75) is 58.0 Å². The number of carbonyl (C=O) groups is 2. The maximum absolute atomic E-state index is 12.9. The molecule has 0 spiro atoms. The molecule has 31 heavy (non-hydrogen) atoms. The molecule has 0 aromatic heterocycles. The summed E-state index contributed by atoms with van der Waals surface area (Å²) in [5.74, 6) is 1.42. The molecule has 0 saturated heterocycles. The van der Waals surface area contributed by atoms with E-state index in [0.29, 0.717) is 24.9 Å². The first-order valence-corrected chi connectivity index (χ1v) is 11.5. The summed E-state index contributed by atoms with van der Waals surface area (Å²) >= 11 is 0. The van der Waals surface area contributed by atoms with Gasteiger partial charge in [0.2, 0.25) is 0 Å². The van der Waals surface area contributed by atoms with Crippen LogP contribution in [0.15, 0.2) is 48.5 Å². The van der Waals surface area contributed by atoms with Gasteiger partial charge >= 0.3 is 5.97 Å². The van der Waals surface area contributed by atoms with Gasteiger partial charge < -0.3 is 9.84 Å². The number of benzene rings is 2. The molecule has 4 nitrogen and oxygen atoms in total. The molecular formula is C27H30O4. The van der Waals surface area contributed by atoms with E-state index in [-0.39, 0.29) is 29.5 Å². The number of ether oxygens (including phenoxy) is 1. The number of aliphatic carboxylic acids is 1. The van der Waals surface area contributed by atoms with Crippen LogP contribution in [0, 0.1) is 23.2 Å². The smallest absolute Gasteiger partial charge is 0.303 e. The van der Waals surface area contributed by atoms with Crippen molar-refractivity contribution in [3.05, 3.63) is 65.2 Å². The quantitative estimate of drug-likeness (QED) is 0.707. The number of rotatable bonds is 5. The van der Waals surface area contributed by atoms with Crippen molar-refractivity contribution in [1.29, 1.82) is 0 Å². The fourth-order valence-corrected chi connectivity index (χ4v) is 6.86. The topological polar surface area (TPSA) is 63.6 Å². The van der Waals surface area contributed by atoms with E-state index < -0.39 is 5.97 Å². The predicted octanol–water partition coefficient (Wildman–Crippen LogP) is 5.39. The minimum Gasteiger partial charge on any atom is -0.489 e. The predicted molar refractivity (Wildman–Crippen MR) is 118 cm³/mol. The molecule has 2 fully saturated rings. The van der Waals surface area contributed by atoms with Gasteiger partial charge in [-0.2, -0.15) is 0 Å². The molecule has 0 radical (unpaired) electrons. The molecule has 162 valence electrons. The zero-order valence-electron chi connectivity index (χ0n) is 18.0. The van der Waals surface area contributed by atoms with Gasteiger partial charge in [-0.3, -0.25) is 9.59 Å². The van der Waals surface area contributed by atoms with Crippen LogP contribution in [-0.2, 0) is 22.6 Å². The van der Waals surface area contributed by atoms with Gasteiger partial charge in [0.15, 0.2) is 0 Å². The molecule has 3 unspecified atom stereocenters. The summed E-state index contributed by atoms with van der Waals surface area (Å²) in [6.07, 6.45) is 4.45. The molecule has 4 heteroatoms. The number of carbonyl (C=O) groups excluding carboxylic acids is 1. The Morgan fingerprint density at radius 3 is 2.74 bits per heavy atom. The molecule has 2 aromatic rings. The fraction of sp³-hybridized carbons (Fsp3) is 0.481. The Bertz CT molecular complexity index is 998. The fourth-order valence-electron chi connectivity index (χ4n) is 6.86. The third-order valence-corrected chi connectivity index (χ3v) is 8.23. The molecule has 2 aromatic carbocycles. The van der Waals surface area contributed by atoms with E-state index in [0.717, 1.165) is 37.0 Å². The van der Waals surface area contributed by atoms with Crippen LogP contribution in [0.4, 0.5) is 0 Å². The first kappa shape index (κ1) is 20.3. The van der Waals surface area contributed by atoms with E-state index in [1.807, 2.05) is 18.2 Å². The van der Waals surface area contributed by atoms with Gasteiger partial charge in [-0.15, -0.1) is 0 Å². The standard InChI is InChI=1S/C27H30O4/c1-27-12-11-22-21-10-8-20(31-16-17-5-3-2-4-6-17)13-18(21)7-9-23(22)26(27)19(14-24(27)28)15-25(29)30/h2-6,8,10,13,19,22-23,26H,7,9,11-12,14-16H2,1H3,(H,29,30)/t19-,22?,23?,26?,27-/m1/s1. The van der Waals surface area contributed by atoms with Crippen LogP contribution >= 0.6 is 0 Å². The largest absolute Gasteiger partial charge is 0.489 e. The number of hydrogen-bond acceptors (Lipinski definition) is 3. The van der Waals surface area contributed by atoms with E-state index in [4.69, 9.17) is 4.74 Å². The molecule has 2 saturated carbocycles. The third kappa shape index (κ3) is 3.56. The van der Waals surface area contributed by atoms with Crippen molar-refractivity contribution in [3.8, 4) is 5.75 Å². The lowest BCUT2D eigenvalue weighted by Crippen LogP contribution is -2.44. The molecule has 5 rings (SSSR count). The highest BCUT2D eigenvalue weighted by atomic mass is 16.5. The Hall–Kier alpha value is -2.62. The lowest BCUT2D eigenvalue weighted by molar-refractivity contribution is -0.139. The maximum Gasteiger partial charge on any atom is 0.303 e. The first-order chi connectivity index (χ1) is 15.0. The van der Waals surface area contributed by atoms with Gasteiger partial charge in [-0.1, -0.05) is 43.3 Å². The highest BCUT2D eigenvalue weighted by Gasteiger charge is 2.58. The number of Topliss-reactive ketones (excluding diaryl/α,β-unsaturated/α-hetero) is 1. The Labute approximate surface area is 183 Å². The molecule has 1 N–H and O–H groups in total. The Kier molecular flexibility index (Phi) is 5.11. The van der Waals surface area contributed by atoms with E-state index in [1.165, 1.54) is 11.1 Å². The van der Waals surface area contributed by atoms with Crippen molar-refractivity contribution in [2.24, 2.45) is 23.2 Å². The average molecular weight is 419 g/mol. The number of carboxylic acids is 1. The second kappa shape index (κ2) is 7.81. The SMILES string of the molecule is C[C@]12CCC3c4ccc(OCc5ccccc5)cc4CCC3C1[C@@H](CC(=O)O)CC2=O. The minimum absolute atomic E-state index is 0.0159. The second-order valence-electron chi connectivity index (χ2n) is 9.91. The van der Waals surface area contributed by atoms with Gasteiger partial charge in [0, 0.05) is 18.3 Å². The average Bonchev–Trinajstić information content (AvgIpc) is 3.01. The Morgan fingerprint density at radius 2 is 1.97 bits per heavy atom. The van der Waals surface area contributed by atoms with Crippen LogP contribution in [0.25, 0.3) is 0 Å². The normalized spacial score (nSPS) is 31.5. The third-order valence-electron chi connectivity index (χ3n) is 8.23. The Morgan fingerprint density at radius 1 is 1.16 bits per heavy atom. The molecule has 0 amide bonds. The first-order valence-electron chi connectivity index (χ1n) is 11.5. The zero-order valence-corrected chi connectivity index (χ0v) is 18.0. The van der Waals surface area contributed by atoms with Crippen LogP contribution < -0.4 is 4.74 Å². The number of aryl methyl sites for hydroxylation is 1. The number of carboxylic acid groups (broad SMARTS) is 1. The summed E-state index contributed by atoms with van der Waals surface area (Å²) in [5.41, 5.74) is 3.56. The summed E-state index contributed by atoms with van der Waals surface area (Å²) in [6, 6.07) is 16.7. The van der Waals surface area contributed by atoms with Crippen molar-refractivity contribution in [1.82, 2.24) is 0 Å². The number of ketones is 1. The van der Waals surface area contributed by atoms with Crippen molar-refractivity contribution in [2.75, 3.05) is 0 Å². The summed E-state index contributed by atoms with van der Waals surface area (Å²) in [6.45, 7) is 2.67. The van der Waals surface area contributed by atoms with Gasteiger partial charge in [0.05, 0.1) is 0 Å². The van der Waals surface area contributed by atoms with Gasteiger partial charge in [0.25, 0.3) is 0 Å². The molecule has 0 bridgehead atoms. The lowest BCUT2D eigenvalue weighted by Gasteiger charge is -2.49. The number of hydrogen-bond donors (Lipinski definition) is 1. The second-order valence-corrected chi connectivity index (χ2v) is 9.91. The molecule has 5 atom stereocenters. The van der Waals surface area contributed by atoms with E-state index >= 15 is 0 Å². The summed E-state index contributed by atoms with van der Waals surface area (Å²) in [4.78, 5) is 24.3. The van der Waals surface area contributed by atoms with Gasteiger partial charge in [-0.05, 0) is 78.2 Å². The van der Waals surface area contributed by atoms with E-state index in [9.17, 15) is 14.7 Å². The van der Waals surface area contributed by atoms with Crippen LogP contribution in [0.1, 0.15) is 61.6 Å². The molecule has 0 heterocycles. The van der Waals surface area contributed by atoms with Crippen molar-refractivity contribution < 1.29 is 19.4 Å². The maximum atomic E-state index is 12.9. The number of fused-ring (bicyclic) bond motifs is 5. The molecule has 3 aliphatic rings. The van der Waals surface area contributed by atoms with E-state index in [2.05, 4.69) is 37.3 Å². The van der Waals surface area contributed by atoms with E-state index in [1.54, 1.807) is 0 Å². The van der Waals surface area contributed by atoms with Crippen LogP contribution in [0.2, 0.25) is 0 Å². The summed E-state index contributed by atoms with van der Waals surface area (Å²) in [5, 5.41) is 9.43. The minimum atomic E-state index is -0.777. The van der Waals surface area contributed by atoms with Crippen LogP contribution in [0.5, 0.6) is 5.75 Å². The molecule has 0 aliphatic heterocycles. The Balaban J connectivity index is 1.37. The summed E-state index contributed by atoms with van der Waals surface area (Å²) < 4.78 is 6.04. The highest BCUT2D eigenvalue weighted by Crippen LogP contribution is 2.62. The lowest BCUT2D eigenvalue weighted by atomic mass is 9.54. The van der Waals surface area contributed by atoms with Crippen LogP contribution in [-0.4, -0.2) is 16.9 Å². The molecule has 3 aliphatic carbocycles. The van der Waals surface area contributed by atoms with Gasteiger partial charge in [0.1, 0.15) is 18.1 Å². The van der Waals surface area contributed by atoms with Crippen molar-refractivity contribution >= 4 is 11.8 Å². The van der Waals surface area contributed by atoms with Crippen molar-refractivity contribution in [3.63, 3.8) is 0 Å².